The maximum Gasteiger partial charge on any atom is 0.252 e. The van der Waals surface area contributed by atoms with Gasteiger partial charge in [0.2, 0.25) is 0 Å². The molecule has 7 nitrogen and oxygen atoms in total. The molecule has 5 rings (SSSR count). The van der Waals surface area contributed by atoms with Gasteiger partial charge in [-0.05, 0) is 86.7 Å². The fraction of sp³-hybridized carbons (Fsp3) is 0.448. The Bertz CT molecular complexity index is 1220. The summed E-state index contributed by atoms with van der Waals surface area (Å²) in [5.41, 5.74) is 5.91. The number of anilines is 1. The van der Waals surface area contributed by atoms with Crippen molar-refractivity contribution in [1.82, 2.24) is 20.0 Å². The van der Waals surface area contributed by atoms with Crippen LogP contribution >= 0.6 is 0 Å². The number of hydrogen-bond acceptors (Lipinski definition) is 5. The Hall–Kier alpha value is -3.32. The second-order valence-electron chi connectivity index (χ2n) is 10.4. The Morgan fingerprint density at radius 2 is 1.86 bits per heavy atom. The van der Waals surface area contributed by atoms with Crippen LogP contribution in [0.5, 0.6) is 5.75 Å². The minimum atomic E-state index is -0.177. The van der Waals surface area contributed by atoms with Crippen LogP contribution in [-0.4, -0.2) is 60.4 Å². The molecule has 2 heterocycles. The number of carbonyl (C=O) groups excluding carboxylic acids is 1. The molecule has 1 N–H and O–H groups in total. The summed E-state index contributed by atoms with van der Waals surface area (Å²) >= 11 is 0. The molecule has 7 heteroatoms. The molecule has 1 aromatic heterocycles. The van der Waals surface area contributed by atoms with Crippen molar-refractivity contribution in [3.8, 4) is 16.9 Å². The number of nitrogens with one attached hydrogen (secondary N) is 1. The van der Waals surface area contributed by atoms with Crippen LogP contribution in [0.1, 0.15) is 47.3 Å². The van der Waals surface area contributed by atoms with Gasteiger partial charge in [-0.2, -0.15) is 5.10 Å². The summed E-state index contributed by atoms with van der Waals surface area (Å²) in [5.74, 6) is 1.46. The Labute approximate surface area is 214 Å². The van der Waals surface area contributed by atoms with Crippen molar-refractivity contribution in [3.63, 3.8) is 0 Å². The van der Waals surface area contributed by atoms with Crippen LogP contribution in [0.2, 0.25) is 0 Å². The third-order valence-corrected chi connectivity index (χ3v) is 7.33. The summed E-state index contributed by atoms with van der Waals surface area (Å²) in [6, 6.07) is 12.3. The molecule has 1 saturated carbocycles. The molecule has 190 valence electrons. The maximum absolute atomic E-state index is 13.4. The SMILES string of the molecule is Cc1ccc(N2CCN(C)CC2)cc1C(=O)N[C@H](C)c1cc(OCC2CC2)cc(-c2cnn(C)c2)c1. The van der Waals surface area contributed by atoms with Crippen LogP contribution in [0.15, 0.2) is 48.8 Å². The van der Waals surface area contributed by atoms with Crippen LogP contribution in [0.25, 0.3) is 11.1 Å². The zero-order valence-electron chi connectivity index (χ0n) is 21.8. The third-order valence-electron chi connectivity index (χ3n) is 7.33. The number of nitrogens with zero attached hydrogens (tertiary/aromatic N) is 4. The van der Waals surface area contributed by atoms with Gasteiger partial charge in [0.05, 0.1) is 18.8 Å². The van der Waals surface area contributed by atoms with Crippen molar-refractivity contribution in [2.75, 3.05) is 44.7 Å². The van der Waals surface area contributed by atoms with E-state index in [0.717, 1.165) is 72.0 Å². The second kappa shape index (κ2) is 10.3. The van der Waals surface area contributed by atoms with E-state index in [1.807, 2.05) is 39.4 Å². The lowest BCUT2D eigenvalue weighted by Gasteiger charge is -2.34. The number of hydrogen-bond donors (Lipinski definition) is 1. The smallest absolute Gasteiger partial charge is 0.252 e. The van der Waals surface area contributed by atoms with Gasteiger partial charge in [0, 0.05) is 56.2 Å². The first-order valence-electron chi connectivity index (χ1n) is 13.0. The van der Waals surface area contributed by atoms with Gasteiger partial charge in [0.25, 0.3) is 5.91 Å². The molecular formula is C29H37N5O2. The van der Waals surface area contributed by atoms with Gasteiger partial charge in [-0.25, -0.2) is 0 Å². The highest BCUT2D eigenvalue weighted by molar-refractivity contribution is 5.97. The molecule has 0 bridgehead atoms. The topological polar surface area (TPSA) is 62.6 Å². The molecule has 2 aromatic carbocycles. The predicted molar refractivity (Wildman–Crippen MR) is 144 cm³/mol. The van der Waals surface area contributed by atoms with E-state index in [-0.39, 0.29) is 11.9 Å². The number of ether oxygens (including phenoxy) is 1. The molecule has 1 aliphatic heterocycles. The first-order chi connectivity index (χ1) is 17.4. The van der Waals surface area contributed by atoms with E-state index in [0.29, 0.717) is 5.92 Å². The normalized spacial score (nSPS) is 17.2. The summed E-state index contributed by atoms with van der Waals surface area (Å²) in [4.78, 5) is 18.1. The van der Waals surface area contributed by atoms with E-state index in [1.54, 1.807) is 4.68 Å². The zero-order chi connectivity index (χ0) is 25.2. The number of benzene rings is 2. The predicted octanol–water partition coefficient (Wildman–Crippen LogP) is 4.43. The maximum atomic E-state index is 13.4. The monoisotopic (exact) mass is 487 g/mol. The fourth-order valence-corrected chi connectivity index (χ4v) is 4.66. The fourth-order valence-electron chi connectivity index (χ4n) is 4.66. The minimum absolute atomic E-state index is 0.0526. The van der Waals surface area contributed by atoms with E-state index in [9.17, 15) is 4.79 Å². The van der Waals surface area contributed by atoms with Crippen LogP contribution in [0.4, 0.5) is 5.69 Å². The molecular weight excluding hydrogens is 450 g/mol. The average molecular weight is 488 g/mol. The number of amides is 1. The highest BCUT2D eigenvalue weighted by atomic mass is 16.5. The summed E-state index contributed by atoms with van der Waals surface area (Å²) in [6.45, 7) is 8.79. The highest BCUT2D eigenvalue weighted by Crippen LogP contribution is 2.33. The Kier molecular flexibility index (Phi) is 7.01. The Morgan fingerprint density at radius 3 is 2.56 bits per heavy atom. The third kappa shape index (κ3) is 5.73. The van der Waals surface area contributed by atoms with E-state index in [4.69, 9.17) is 4.74 Å². The van der Waals surface area contributed by atoms with Gasteiger partial charge >= 0.3 is 0 Å². The number of rotatable bonds is 8. The molecule has 2 fully saturated rings. The lowest BCUT2D eigenvalue weighted by molar-refractivity contribution is 0.0939. The lowest BCUT2D eigenvalue weighted by Crippen LogP contribution is -2.44. The van der Waals surface area contributed by atoms with Crippen molar-refractivity contribution >= 4 is 11.6 Å². The molecule has 36 heavy (non-hydrogen) atoms. The molecule has 0 unspecified atom stereocenters. The summed E-state index contributed by atoms with van der Waals surface area (Å²) in [5, 5.41) is 7.57. The molecule has 1 amide bonds. The molecule has 1 saturated heterocycles. The van der Waals surface area contributed by atoms with Crippen LogP contribution < -0.4 is 15.0 Å². The summed E-state index contributed by atoms with van der Waals surface area (Å²) in [6.07, 6.45) is 6.35. The molecule has 3 aromatic rings. The van der Waals surface area contributed by atoms with Crippen LogP contribution in [0, 0.1) is 12.8 Å². The van der Waals surface area contributed by atoms with Crippen molar-refractivity contribution in [3.05, 3.63) is 65.5 Å². The quantitative estimate of drug-likeness (QED) is 0.509. The molecule has 2 aliphatic rings. The number of likely N-dealkylation sites (N-methyl/N-ethyl adjacent to an activating group) is 1. The highest BCUT2D eigenvalue weighted by Gasteiger charge is 2.23. The molecule has 0 radical (unpaired) electrons. The van der Waals surface area contributed by atoms with Gasteiger partial charge in [0.15, 0.2) is 0 Å². The van der Waals surface area contributed by atoms with Crippen molar-refractivity contribution in [2.24, 2.45) is 13.0 Å². The summed E-state index contributed by atoms with van der Waals surface area (Å²) < 4.78 is 7.94. The first-order valence-corrected chi connectivity index (χ1v) is 13.0. The molecule has 1 atom stereocenters. The number of carbonyl (C=O) groups is 1. The number of piperazine rings is 1. The van der Waals surface area contributed by atoms with Gasteiger partial charge in [0.1, 0.15) is 5.75 Å². The Balaban J connectivity index is 1.35. The largest absolute Gasteiger partial charge is 0.493 e. The average Bonchev–Trinajstić information content (AvgIpc) is 3.61. The van der Waals surface area contributed by atoms with Crippen LogP contribution in [0.3, 0.4) is 0 Å². The van der Waals surface area contributed by atoms with Crippen molar-refractivity contribution in [2.45, 2.75) is 32.7 Å². The van der Waals surface area contributed by atoms with E-state index < -0.39 is 0 Å². The number of aryl methyl sites for hydroxylation is 2. The number of aromatic nitrogens is 2. The van der Waals surface area contributed by atoms with E-state index in [1.165, 1.54) is 12.8 Å². The van der Waals surface area contributed by atoms with Gasteiger partial charge in [-0.1, -0.05) is 6.07 Å². The molecule has 1 aliphatic carbocycles. The molecule has 0 spiro atoms. The van der Waals surface area contributed by atoms with Crippen molar-refractivity contribution in [1.29, 1.82) is 0 Å². The standard InChI is InChI=1S/C29H37N5O2/c1-20-5-8-26(34-11-9-32(3)10-12-34)16-28(20)29(35)31-21(2)23-13-24(25-17-30-33(4)18-25)15-27(14-23)36-19-22-6-7-22/h5,8,13-18,21-22H,6-7,9-12,19H2,1-4H3,(H,31,35)/t21-/m1/s1. The first kappa shape index (κ1) is 24.4. The van der Waals surface area contributed by atoms with Gasteiger partial charge in [-0.15, -0.1) is 0 Å². The van der Waals surface area contributed by atoms with Crippen molar-refractivity contribution < 1.29 is 9.53 Å². The van der Waals surface area contributed by atoms with Crippen LogP contribution in [-0.2, 0) is 7.05 Å². The van der Waals surface area contributed by atoms with E-state index in [2.05, 4.69) is 57.6 Å². The zero-order valence-corrected chi connectivity index (χ0v) is 21.8. The summed E-state index contributed by atoms with van der Waals surface area (Å²) in [7, 11) is 4.07. The van der Waals surface area contributed by atoms with E-state index >= 15 is 0 Å². The second-order valence-corrected chi connectivity index (χ2v) is 10.4. The van der Waals surface area contributed by atoms with Gasteiger partial charge in [-0.3, -0.25) is 9.48 Å². The van der Waals surface area contributed by atoms with Gasteiger partial charge < -0.3 is 19.9 Å². The Morgan fingerprint density at radius 1 is 1.08 bits per heavy atom. The lowest BCUT2D eigenvalue weighted by atomic mass is 10.0. The minimum Gasteiger partial charge on any atom is -0.493 e.